The Kier molecular flexibility index (Phi) is 6.63. The number of aromatic hydroxyl groups is 1. The van der Waals surface area contributed by atoms with Crippen molar-refractivity contribution in [2.75, 3.05) is 11.5 Å². The molecule has 2 fully saturated rings. The number of aromatic nitrogens is 3. The van der Waals surface area contributed by atoms with Gasteiger partial charge in [0.25, 0.3) is 0 Å². The van der Waals surface area contributed by atoms with Crippen molar-refractivity contribution in [3.05, 3.63) is 116 Å². The molecule has 12 heteroatoms. The van der Waals surface area contributed by atoms with Gasteiger partial charge in [0.15, 0.2) is 11.5 Å². The maximum atomic E-state index is 14.5. The van der Waals surface area contributed by atoms with E-state index in [1.165, 1.54) is 27.6 Å². The van der Waals surface area contributed by atoms with E-state index in [1.54, 1.807) is 56.3 Å². The average Bonchev–Trinajstić information content (AvgIpc) is 3.40. The van der Waals surface area contributed by atoms with Crippen LogP contribution in [0.2, 0.25) is 5.02 Å². The number of hydrogen-bond acceptors (Lipinski definition) is 6. The lowest BCUT2D eigenvalue weighted by Crippen LogP contribution is -2.49. The smallest absolute Gasteiger partial charge is 0.352 e. The number of amides is 2. The van der Waals surface area contributed by atoms with Crippen LogP contribution in [-0.2, 0) is 16.1 Å². The highest BCUT2D eigenvalue weighted by molar-refractivity contribution is 6.31. The van der Waals surface area contributed by atoms with E-state index in [-0.39, 0.29) is 41.8 Å². The van der Waals surface area contributed by atoms with Crippen LogP contribution in [0, 0.1) is 17.2 Å². The first-order valence-corrected chi connectivity index (χ1v) is 14.9. The Labute approximate surface area is 261 Å². The van der Waals surface area contributed by atoms with Crippen LogP contribution >= 0.6 is 11.6 Å². The Morgan fingerprint density at radius 1 is 1.00 bits per heavy atom. The molecule has 3 aromatic carbocycles. The number of carbonyl (C=O) groups is 2. The van der Waals surface area contributed by atoms with E-state index in [2.05, 4.69) is 0 Å². The standard InChI is InChI=1S/C33H28ClFN4O6/c1-3-45-27-15-18(9-12-26(27)40)28-21-13-14-36-31(43)38(19-7-5-4-6-8-19)32(44)39(36)25(21)17-22-29(41)37(30(42)33(22,28)2)20-10-11-24(35)23(34)16-20/h4-13,15-16,22,25,28,40H,3,14,17H2,1-2H3/t22-,25+,28-,33+/m0/s1. The van der Waals surface area contributed by atoms with E-state index in [0.717, 1.165) is 15.5 Å². The molecule has 7 rings (SSSR count). The third-order valence-corrected chi connectivity index (χ3v) is 9.62. The Hall–Kier alpha value is -4.90. The summed E-state index contributed by atoms with van der Waals surface area (Å²) in [7, 11) is 0. The summed E-state index contributed by atoms with van der Waals surface area (Å²) in [5, 5.41) is 10.3. The van der Waals surface area contributed by atoms with Gasteiger partial charge in [-0.2, -0.15) is 0 Å². The van der Waals surface area contributed by atoms with Crippen molar-refractivity contribution in [2.45, 2.75) is 38.8 Å². The summed E-state index contributed by atoms with van der Waals surface area (Å²) in [6, 6.07) is 16.3. The van der Waals surface area contributed by atoms with Gasteiger partial charge in [-0.05, 0) is 73.9 Å². The minimum absolute atomic E-state index is 0.0589. The van der Waals surface area contributed by atoms with Crippen LogP contribution in [-0.4, -0.2) is 37.5 Å². The number of hydrogen-bond donors (Lipinski definition) is 1. The molecule has 1 N–H and O–H groups in total. The van der Waals surface area contributed by atoms with E-state index in [4.69, 9.17) is 16.3 Å². The maximum absolute atomic E-state index is 14.5. The number of halogens is 2. The predicted octanol–water partition coefficient (Wildman–Crippen LogP) is 4.56. The summed E-state index contributed by atoms with van der Waals surface area (Å²) < 4.78 is 23.6. The van der Waals surface area contributed by atoms with Gasteiger partial charge in [0.05, 0.1) is 46.9 Å². The van der Waals surface area contributed by atoms with E-state index >= 15 is 0 Å². The number of nitrogens with zero attached hydrogens (tertiary/aromatic N) is 4. The van der Waals surface area contributed by atoms with E-state index < -0.39 is 52.3 Å². The highest BCUT2D eigenvalue weighted by Gasteiger charge is 2.65. The molecular formula is C33H28ClFN4O6. The molecule has 2 aliphatic heterocycles. The molecule has 0 radical (unpaired) electrons. The van der Waals surface area contributed by atoms with Crippen LogP contribution in [0.3, 0.4) is 0 Å². The number of imide groups is 1. The summed E-state index contributed by atoms with van der Waals surface area (Å²) in [5.41, 5.74) is -0.621. The van der Waals surface area contributed by atoms with Crippen LogP contribution in [0.1, 0.15) is 37.8 Å². The molecule has 0 spiro atoms. The lowest BCUT2D eigenvalue weighted by molar-refractivity contribution is -0.129. The molecule has 45 heavy (non-hydrogen) atoms. The molecule has 230 valence electrons. The van der Waals surface area contributed by atoms with Gasteiger partial charge >= 0.3 is 11.4 Å². The van der Waals surface area contributed by atoms with Gasteiger partial charge in [-0.3, -0.25) is 9.59 Å². The van der Waals surface area contributed by atoms with Gasteiger partial charge in [0.1, 0.15) is 5.82 Å². The van der Waals surface area contributed by atoms with Crippen molar-refractivity contribution in [1.29, 1.82) is 0 Å². The van der Waals surface area contributed by atoms with Gasteiger partial charge in [-0.15, -0.1) is 0 Å². The molecule has 1 aromatic heterocycles. The molecule has 2 amide bonds. The number of carbonyl (C=O) groups excluding carboxylic acids is 2. The monoisotopic (exact) mass is 630 g/mol. The van der Waals surface area contributed by atoms with Crippen LogP contribution in [0.4, 0.5) is 10.1 Å². The van der Waals surface area contributed by atoms with Crippen LogP contribution in [0.25, 0.3) is 5.69 Å². The summed E-state index contributed by atoms with van der Waals surface area (Å²) in [6.07, 6.45) is 1.90. The van der Waals surface area contributed by atoms with Crippen molar-refractivity contribution in [2.24, 2.45) is 11.3 Å². The lowest BCUT2D eigenvalue weighted by atomic mass is 9.56. The van der Waals surface area contributed by atoms with E-state index in [9.17, 15) is 28.7 Å². The maximum Gasteiger partial charge on any atom is 0.352 e. The zero-order valence-electron chi connectivity index (χ0n) is 24.3. The molecule has 0 unspecified atom stereocenters. The van der Waals surface area contributed by atoms with E-state index in [0.29, 0.717) is 16.8 Å². The van der Waals surface area contributed by atoms with Crippen LogP contribution in [0.5, 0.6) is 11.5 Å². The zero-order chi connectivity index (χ0) is 31.8. The summed E-state index contributed by atoms with van der Waals surface area (Å²) in [5.74, 6) is -3.29. The van der Waals surface area contributed by atoms with Crippen molar-refractivity contribution in [1.82, 2.24) is 13.9 Å². The van der Waals surface area contributed by atoms with Gasteiger partial charge in [-0.1, -0.05) is 41.9 Å². The second-order valence-corrected chi connectivity index (χ2v) is 12.0. The van der Waals surface area contributed by atoms with Crippen molar-refractivity contribution < 1.29 is 23.8 Å². The Morgan fingerprint density at radius 2 is 1.76 bits per heavy atom. The minimum atomic E-state index is -1.35. The third-order valence-electron chi connectivity index (χ3n) is 9.33. The number of phenolic OH excluding ortho intramolecular Hbond substituents is 1. The minimum Gasteiger partial charge on any atom is -0.504 e. The second-order valence-electron chi connectivity index (χ2n) is 11.6. The number of anilines is 1. The molecule has 10 nitrogen and oxygen atoms in total. The first kappa shape index (κ1) is 28.8. The number of fused-ring (bicyclic) bond motifs is 4. The lowest BCUT2D eigenvalue weighted by Gasteiger charge is -2.47. The first-order valence-electron chi connectivity index (χ1n) is 14.6. The van der Waals surface area contributed by atoms with Gasteiger partial charge in [0, 0.05) is 5.92 Å². The Balaban J connectivity index is 1.44. The van der Waals surface area contributed by atoms with Gasteiger partial charge < -0.3 is 9.84 Å². The molecule has 3 aliphatic rings. The van der Waals surface area contributed by atoms with Gasteiger partial charge in [-0.25, -0.2) is 32.8 Å². The topological polar surface area (TPSA) is 116 Å². The fourth-order valence-corrected chi connectivity index (χ4v) is 7.48. The molecule has 4 aromatic rings. The molecular weight excluding hydrogens is 603 g/mol. The largest absolute Gasteiger partial charge is 0.504 e. The fraction of sp³-hybridized carbons (Fsp3) is 0.273. The number of allylic oxidation sites excluding steroid dienone is 2. The van der Waals surface area contributed by atoms with Crippen molar-refractivity contribution in [3.63, 3.8) is 0 Å². The molecule has 3 heterocycles. The Bertz CT molecular complexity index is 2050. The molecule has 1 saturated heterocycles. The summed E-state index contributed by atoms with van der Waals surface area (Å²) in [4.78, 5) is 57.4. The van der Waals surface area contributed by atoms with Crippen molar-refractivity contribution in [3.8, 4) is 17.2 Å². The van der Waals surface area contributed by atoms with Crippen LogP contribution < -0.4 is 21.0 Å². The summed E-state index contributed by atoms with van der Waals surface area (Å²) >= 11 is 6.06. The number of benzene rings is 3. The predicted molar refractivity (Wildman–Crippen MR) is 164 cm³/mol. The van der Waals surface area contributed by atoms with Crippen LogP contribution in [0.15, 0.2) is 88.0 Å². The number of ether oxygens (including phenoxy) is 1. The van der Waals surface area contributed by atoms with Crippen molar-refractivity contribution >= 4 is 29.1 Å². The molecule has 4 atom stereocenters. The SMILES string of the molecule is CCOc1cc([C@H]2C3=CCn4c(=O)n(-c5ccccc5)c(=O)n4[C@@H]3C[C@H]3C(=O)N(c4ccc(F)c(Cl)c4)C(=O)[C@@]23C)ccc1O. The zero-order valence-corrected chi connectivity index (χ0v) is 25.1. The summed E-state index contributed by atoms with van der Waals surface area (Å²) in [6.45, 7) is 3.83. The molecule has 0 bridgehead atoms. The first-order chi connectivity index (χ1) is 21.6. The average molecular weight is 631 g/mol. The highest BCUT2D eigenvalue weighted by Crippen LogP contribution is 2.61. The molecule has 1 aliphatic carbocycles. The number of para-hydroxylation sites is 1. The fourth-order valence-electron chi connectivity index (χ4n) is 7.31. The quantitative estimate of drug-likeness (QED) is 0.255. The number of rotatable bonds is 5. The van der Waals surface area contributed by atoms with E-state index in [1.807, 2.05) is 6.08 Å². The number of phenols is 1. The third kappa shape index (κ3) is 4.06. The second kappa shape index (κ2) is 10.3. The normalized spacial score (nSPS) is 23.8. The molecule has 1 saturated carbocycles. The Morgan fingerprint density at radius 3 is 2.47 bits per heavy atom. The highest BCUT2D eigenvalue weighted by atomic mass is 35.5. The van der Waals surface area contributed by atoms with Gasteiger partial charge in [0.2, 0.25) is 11.8 Å².